The van der Waals surface area contributed by atoms with Crippen LogP contribution >= 0.6 is 0 Å². The second-order valence-corrected chi connectivity index (χ2v) is 52.0. The highest BCUT2D eigenvalue weighted by Gasteiger charge is 2.42. The van der Waals surface area contributed by atoms with Gasteiger partial charge in [0, 0.05) is 0 Å². The summed E-state index contributed by atoms with van der Waals surface area (Å²) in [5, 5.41) is 0. The third kappa shape index (κ3) is 60.5. The van der Waals surface area contributed by atoms with Crippen LogP contribution in [0.2, 0.25) is 0 Å². The van der Waals surface area contributed by atoms with E-state index in [2.05, 4.69) is 450 Å². The molecule has 2 saturated carbocycles. The highest BCUT2D eigenvalue weighted by Crippen LogP contribution is 2.51. The normalized spacial score (nSPS) is 17.1. The fourth-order valence-corrected chi connectivity index (χ4v) is 9.60. The summed E-state index contributed by atoms with van der Waals surface area (Å²) in [6.45, 7) is 150. The average Bonchev–Trinajstić information content (AvgIpc) is 0.788. The SMILES string of the molecule is CC(C(C)(C)C)C(C)(C)C.CC(C)(C)C(C)(C)C.CC(C)(C)C(C)(C)C.CC(C)(C)C(C)(C)C(C)(C)C.CC(C)C(C)(C)C(C)(C)C.CC(C)C(C)(C)C(C)C.CC(C)[C@@H](C)C(C)(C)C.CC1CCCC[C@H]1C.CCC(C)(C)C(C)(C)C.CCC(C)(C)C(C)C.CCC(C)C(C)(C)C.CCC1CCCCC1. The lowest BCUT2D eigenvalue weighted by molar-refractivity contribution is 0.00575. The van der Waals surface area contributed by atoms with E-state index >= 15 is 0 Å². The maximum absolute atomic E-state index is 2.38. The summed E-state index contributed by atoms with van der Waals surface area (Å²) < 4.78 is 0. The van der Waals surface area contributed by atoms with Gasteiger partial charge in [-0.25, -0.2) is 0 Å². The zero-order valence-electron chi connectivity index (χ0n) is 89.0. The molecule has 0 amide bonds. The maximum Gasteiger partial charge on any atom is -0.0257 e. The van der Waals surface area contributed by atoms with E-state index in [0.717, 1.165) is 65.1 Å². The first kappa shape index (κ1) is 127. The minimum Gasteiger partial charge on any atom is -0.0651 e. The van der Waals surface area contributed by atoms with Crippen LogP contribution in [0.4, 0.5) is 0 Å². The molecule has 2 fully saturated rings. The van der Waals surface area contributed by atoms with Gasteiger partial charge in [-0.3, -0.25) is 0 Å². The van der Waals surface area contributed by atoms with E-state index in [0.29, 0.717) is 92.1 Å². The summed E-state index contributed by atoms with van der Waals surface area (Å²) in [6.07, 6.45) is 18.7. The Kier molecular flexibility index (Phi) is 62.0. The highest BCUT2D eigenvalue weighted by molar-refractivity contribution is 4.92. The summed E-state index contributed by atoms with van der Waals surface area (Å²) in [5.41, 5.74) is 7.58. The van der Waals surface area contributed by atoms with Gasteiger partial charge in [0.2, 0.25) is 0 Å². The van der Waals surface area contributed by atoms with Gasteiger partial charge in [0.25, 0.3) is 0 Å². The average molecular weight is 1510 g/mol. The van der Waals surface area contributed by atoms with Crippen molar-refractivity contribution >= 4 is 0 Å². The fourth-order valence-electron chi connectivity index (χ4n) is 9.60. The van der Waals surface area contributed by atoms with E-state index in [1.165, 1.54) is 83.5 Å². The summed E-state index contributed by atoms with van der Waals surface area (Å²) >= 11 is 0. The molecule has 0 bridgehead atoms. The van der Waals surface area contributed by atoms with Crippen molar-refractivity contribution in [2.24, 2.45) is 157 Å². The zero-order chi connectivity index (χ0) is 89.0. The second-order valence-electron chi connectivity index (χ2n) is 52.0. The van der Waals surface area contributed by atoms with Gasteiger partial charge < -0.3 is 0 Å². The van der Waals surface area contributed by atoms with Crippen LogP contribution in [0, 0.1) is 157 Å². The fraction of sp³-hybridized carbons (Fsp3) is 1.00. The summed E-state index contributed by atoms with van der Waals surface area (Å²) in [4.78, 5) is 0. The smallest absolute Gasteiger partial charge is 0.0257 e. The molecule has 0 aliphatic heterocycles. The lowest BCUT2D eigenvalue weighted by Gasteiger charge is -2.49. The standard InChI is InChI=1S/C11H24.2C10H22.3C9H20.2C8H16.4C8H18/c1-9(2,3)11(7,8)10(4,5)6;1-8(9(2,3)4)10(5,6)7;1-8(2)10(6,7)9(3,4)5;1-7-9(5,6)8(2,3)4;1-7(2)8(3)9(4,5)6;1-7(2)9(5,6)8(3)4;1-7-5-3-4-6-8(7)2;1-2-8-6-4-3-5-7-8;2*1-7(2,3)8(4,5)6;1-6-7(2)8(3,4)5;1-6-8(4,5)7(2)3/h1-8H3;2*8H,1-7H3;7H2,1-6H3;2*7-8H,1-6H3;7-8H,3-6H2,1-2H3;8H,2-7H2,1H3;2*1-6H3;2*7H,6H2,1-5H3/t;;;;8-;;7-,8?;;;;;/m....1.1...../s1. The molecule has 0 N–H and O–H groups in total. The van der Waals surface area contributed by atoms with Crippen molar-refractivity contribution in [3.05, 3.63) is 0 Å². The van der Waals surface area contributed by atoms with Gasteiger partial charge in [0.1, 0.15) is 0 Å². The van der Waals surface area contributed by atoms with E-state index in [1.54, 1.807) is 0 Å². The van der Waals surface area contributed by atoms with Gasteiger partial charge in [-0.15, -0.1) is 0 Å². The Morgan fingerprint density at radius 3 is 0.594 bits per heavy atom. The Morgan fingerprint density at radius 1 is 0.274 bits per heavy atom. The van der Waals surface area contributed by atoms with Crippen LogP contribution in [0.3, 0.4) is 0 Å². The molecule has 2 aliphatic carbocycles. The predicted octanol–water partition coefficient (Wildman–Crippen LogP) is 39.8. The summed E-state index contributed by atoms with van der Waals surface area (Å²) in [6, 6.07) is 0. The molecule has 656 valence electrons. The van der Waals surface area contributed by atoms with Crippen LogP contribution in [-0.4, -0.2) is 0 Å². The Labute approximate surface area is 686 Å². The molecule has 2 rings (SSSR count). The molecule has 0 radical (unpaired) electrons. The van der Waals surface area contributed by atoms with Crippen LogP contribution in [0.5, 0.6) is 0 Å². The van der Waals surface area contributed by atoms with Gasteiger partial charge in [0.05, 0.1) is 0 Å². The van der Waals surface area contributed by atoms with E-state index < -0.39 is 0 Å². The van der Waals surface area contributed by atoms with Crippen molar-refractivity contribution in [3.63, 3.8) is 0 Å². The molecule has 106 heavy (non-hydrogen) atoms. The quantitative estimate of drug-likeness (QED) is 0.216. The van der Waals surface area contributed by atoms with Crippen LogP contribution < -0.4 is 0 Å². The van der Waals surface area contributed by atoms with Crippen molar-refractivity contribution in [2.75, 3.05) is 0 Å². The molecule has 0 heteroatoms. The number of hydrogen-bond donors (Lipinski definition) is 0. The van der Waals surface area contributed by atoms with Gasteiger partial charge >= 0.3 is 0 Å². The number of rotatable bonds is 9. The molecular weight excluding hydrogens is 1270 g/mol. The first-order valence-electron chi connectivity index (χ1n) is 45.6. The predicted molar refractivity (Wildman–Crippen MR) is 509 cm³/mol. The van der Waals surface area contributed by atoms with Gasteiger partial charge in [-0.2, -0.15) is 0 Å². The molecule has 2 unspecified atom stereocenters. The summed E-state index contributed by atoms with van der Waals surface area (Å²) in [7, 11) is 0. The Morgan fingerprint density at radius 2 is 0.547 bits per heavy atom. The Hall–Kier alpha value is 0. The largest absolute Gasteiger partial charge is 0.0651 e. The lowest BCUT2D eigenvalue weighted by atomic mass is 9.56. The van der Waals surface area contributed by atoms with Crippen molar-refractivity contribution in [1.82, 2.24) is 0 Å². The second kappa shape index (κ2) is 51.8. The Bertz CT molecular complexity index is 1870. The molecule has 0 aromatic carbocycles. The van der Waals surface area contributed by atoms with Gasteiger partial charge in [0.15, 0.2) is 0 Å². The molecule has 0 heterocycles. The van der Waals surface area contributed by atoms with E-state index in [9.17, 15) is 0 Å². The molecule has 0 saturated heterocycles. The summed E-state index contributed by atoms with van der Waals surface area (Å²) in [5.74, 6) is 9.48. The molecule has 0 spiro atoms. The minimum atomic E-state index is 0.375. The molecule has 0 aromatic rings. The number of hydrogen-bond acceptors (Lipinski definition) is 0. The molecule has 2 aliphatic rings. The van der Waals surface area contributed by atoms with Gasteiger partial charge in [-0.1, -0.05) is 534 Å². The third-order valence-corrected chi connectivity index (χ3v) is 31.9. The first-order valence-corrected chi connectivity index (χ1v) is 45.6. The van der Waals surface area contributed by atoms with E-state index in [-0.39, 0.29) is 0 Å². The topological polar surface area (TPSA) is 0 Å². The van der Waals surface area contributed by atoms with E-state index in [1.807, 2.05) is 0 Å². The van der Waals surface area contributed by atoms with Crippen LogP contribution in [0.25, 0.3) is 0 Å². The van der Waals surface area contributed by atoms with Crippen LogP contribution in [0.15, 0.2) is 0 Å². The van der Waals surface area contributed by atoms with Gasteiger partial charge in [-0.05, 0) is 157 Å². The van der Waals surface area contributed by atoms with E-state index in [4.69, 9.17) is 0 Å². The maximum atomic E-state index is 2.38. The third-order valence-electron chi connectivity index (χ3n) is 31.9. The first-order chi connectivity index (χ1) is 45.6. The molecule has 0 aromatic heterocycles. The minimum absolute atomic E-state index is 0.375. The van der Waals surface area contributed by atoms with Crippen molar-refractivity contribution < 1.29 is 0 Å². The van der Waals surface area contributed by atoms with Crippen LogP contribution in [-0.2, 0) is 0 Å². The van der Waals surface area contributed by atoms with Crippen molar-refractivity contribution in [2.45, 2.75) is 534 Å². The molecular formula is C106H232. The lowest BCUT2D eigenvalue weighted by Crippen LogP contribution is -2.41. The highest BCUT2D eigenvalue weighted by atomic mass is 14.5. The zero-order valence-corrected chi connectivity index (χ0v) is 89.0. The monoisotopic (exact) mass is 1510 g/mol. The van der Waals surface area contributed by atoms with Crippen molar-refractivity contribution in [3.8, 4) is 0 Å². The van der Waals surface area contributed by atoms with Crippen molar-refractivity contribution in [1.29, 1.82) is 0 Å². The molecule has 0 nitrogen and oxygen atoms in total. The molecule has 4 atom stereocenters. The van der Waals surface area contributed by atoms with Crippen LogP contribution in [0.1, 0.15) is 534 Å². The Balaban J connectivity index is -0.000000119.